The molecule has 1 N–H and O–H groups in total. The highest BCUT2D eigenvalue weighted by Crippen LogP contribution is 2.19. The number of likely N-dealkylation sites (N-methyl/N-ethyl adjacent to an activating group) is 1. The third kappa shape index (κ3) is 4.68. The van der Waals surface area contributed by atoms with Gasteiger partial charge < -0.3 is 9.32 Å². The first-order valence-electron chi connectivity index (χ1n) is 7.73. The van der Waals surface area contributed by atoms with Crippen molar-refractivity contribution in [3.8, 4) is 0 Å². The maximum absolute atomic E-state index is 12.6. The van der Waals surface area contributed by atoms with Crippen molar-refractivity contribution in [3.63, 3.8) is 0 Å². The number of benzene rings is 1. The first kappa shape index (κ1) is 19.2. The molecule has 0 fully saturated rings. The number of carbonyl (C=O) groups excluding carboxylic acids is 1. The van der Waals surface area contributed by atoms with E-state index in [1.165, 1.54) is 17.0 Å². The molecule has 1 amide bonds. The molecule has 1 unspecified atom stereocenters. The monoisotopic (exact) mass is 365 g/mol. The third-order valence-corrected chi connectivity index (χ3v) is 5.18. The Morgan fingerprint density at radius 3 is 2.44 bits per heavy atom. The molecule has 0 bridgehead atoms. The Hall–Kier alpha value is -2.16. The van der Waals surface area contributed by atoms with E-state index < -0.39 is 10.0 Å². The molecule has 0 saturated carbocycles. The van der Waals surface area contributed by atoms with Gasteiger partial charge in [0.25, 0.3) is 5.91 Å². The van der Waals surface area contributed by atoms with Crippen LogP contribution in [0.5, 0.6) is 0 Å². The molecule has 0 spiro atoms. The predicted molar refractivity (Wildman–Crippen MR) is 94.8 cm³/mol. The molecule has 136 valence electrons. The lowest BCUT2D eigenvalue weighted by atomic mass is 10.2. The average molecular weight is 365 g/mol. The van der Waals surface area contributed by atoms with E-state index in [9.17, 15) is 13.2 Å². The van der Waals surface area contributed by atoms with Crippen molar-refractivity contribution in [1.29, 1.82) is 0 Å². The summed E-state index contributed by atoms with van der Waals surface area (Å²) in [6.45, 7) is 0.148. The van der Waals surface area contributed by atoms with Crippen LogP contribution in [0.3, 0.4) is 0 Å². The highest BCUT2D eigenvalue weighted by atomic mass is 32.2. The summed E-state index contributed by atoms with van der Waals surface area (Å²) in [6, 6.07) is 9.31. The zero-order valence-electron chi connectivity index (χ0n) is 14.8. The molecule has 1 atom stereocenters. The van der Waals surface area contributed by atoms with Crippen LogP contribution in [0.25, 0.3) is 0 Å². The minimum Gasteiger partial charge on any atom is -0.468 e. The van der Waals surface area contributed by atoms with E-state index in [4.69, 9.17) is 4.42 Å². The van der Waals surface area contributed by atoms with Crippen molar-refractivity contribution < 1.29 is 17.6 Å². The molecule has 0 aliphatic rings. The second-order valence-electron chi connectivity index (χ2n) is 6.07. The van der Waals surface area contributed by atoms with Gasteiger partial charge in [-0.15, -0.1) is 0 Å². The number of furan rings is 1. The van der Waals surface area contributed by atoms with Crippen LogP contribution >= 0.6 is 0 Å². The Bertz CT molecular complexity index is 814. The maximum atomic E-state index is 12.6. The second kappa shape index (κ2) is 7.81. The molecule has 2 rings (SSSR count). The number of carbonyl (C=O) groups is 1. The fourth-order valence-corrected chi connectivity index (χ4v) is 3.43. The van der Waals surface area contributed by atoms with Gasteiger partial charge >= 0.3 is 0 Å². The Morgan fingerprint density at radius 1 is 1.16 bits per heavy atom. The van der Waals surface area contributed by atoms with E-state index in [0.29, 0.717) is 11.3 Å². The number of hydrogen-bond acceptors (Lipinski definition) is 5. The Labute approximate surface area is 148 Å². The van der Waals surface area contributed by atoms with Crippen LogP contribution in [-0.2, 0) is 10.0 Å². The molecule has 2 aromatic rings. The van der Waals surface area contributed by atoms with Crippen molar-refractivity contribution in [3.05, 3.63) is 54.0 Å². The summed E-state index contributed by atoms with van der Waals surface area (Å²) in [4.78, 5) is 15.3. The van der Waals surface area contributed by atoms with Crippen LogP contribution in [0, 0.1) is 0 Å². The summed E-state index contributed by atoms with van der Waals surface area (Å²) in [7, 11) is 3.18. The summed E-state index contributed by atoms with van der Waals surface area (Å²) in [5, 5.41) is 0. The zero-order chi connectivity index (χ0) is 18.6. The first-order chi connectivity index (χ1) is 11.7. The van der Waals surface area contributed by atoms with Gasteiger partial charge in [-0.2, -0.15) is 0 Å². The lowest BCUT2D eigenvalue weighted by Gasteiger charge is -2.22. The van der Waals surface area contributed by atoms with Crippen molar-refractivity contribution in [2.75, 3.05) is 34.7 Å². The van der Waals surface area contributed by atoms with Crippen LogP contribution in [-0.4, -0.2) is 58.9 Å². The summed E-state index contributed by atoms with van der Waals surface area (Å²) in [5.74, 6) is 0.419. The van der Waals surface area contributed by atoms with Gasteiger partial charge in [-0.1, -0.05) is 6.07 Å². The Kier molecular flexibility index (Phi) is 5.99. The van der Waals surface area contributed by atoms with Gasteiger partial charge in [0.05, 0.1) is 17.2 Å². The fraction of sp³-hybridized carbons (Fsp3) is 0.353. The zero-order valence-corrected chi connectivity index (χ0v) is 15.6. The smallest absolute Gasteiger partial charge is 0.253 e. The molecule has 1 aromatic heterocycles. The maximum Gasteiger partial charge on any atom is 0.253 e. The minimum absolute atomic E-state index is 0.0529. The van der Waals surface area contributed by atoms with E-state index in [-0.39, 0.29) is 23.4 Å². The van der Waals surface area contributed by atoms with Crippen molar-refractivity contribution in [2.24, 2.45) is 0 Å². The second-order valence-corrected chi connectivity index (χ2v) is 7.84. The molecule has 7 nitrogen and oxygen atoms in total. The highest BCUT2D eigenvalue weighted by Gasteiger charge is 2.22. The van der Waals surface area contributed by atoms with E-state index in [1.54, 1.807) is 44.6 Å². The number of rotatable bonds is 7. The van der Waals surface area contributed by atoms with Gasteiger partial charge in [0, 0.05) is 26.2 Å². The van der Waals surface area contributed by atoms with Gasteiger partial charge in [0.1, 0.15) is 5.76 Å². The molecule has 8 heteroatoms. The number of amides is 1. The van der Waals surface area contributed by atoms with Gasteiger partial charge in [0.15, 0.2) is 0 Å². The van der Waals surface area contributed by atoms with E-state index in [2.05, 4.69) is 4.72 Å². The topological polar surface area (TPSA) is 82.9 Å². The van der Waals surface area contributed by atoms with Crippen LogP contribution in [0.1, 0.15) is 22.2 Å². The molecule has 0 radical (unpaired) electrons. The molecule has 0 aliphatic carbocycles. The first-order valence-corrected chi connectivity index (χ1v) is 9.22. The quantitative estimate of drug-likeness (QED) is 0.805. The summed E-state index contributed by atoms with van der Waals surface area (Å²) < 4.78 is 33.1. The van der Waals surface area contributed by atoms with Crippen molar-refractivity contribution >= 4 is 15.9 Å². The van der Waals surface area contributed by atoms with Crippen LogP contribution < -0.4 is 4.72 Å². The molecular formula is C17H23N3O4S. The van der Waals surface area contributed by atoms with Crippen LogP contribution in [0.2, 0.25) is 0 Å². The summed E-state index contributed by atoms with van der Waals surface area (Å²) in [6.07, 6.45) is 1.55. The Balaban J connectivity index is 2.19. The normalized spacial score (nSPS) is 13.0. The molecule has 1 heterocycles. The molecular weight excluding hydrogens is 342 g/mol. The Morgan fingerprint density at radius 2 is 1.88 bits per heavy atom. The van der Waals surface area contributed by atoms with Gasteiger partial charge in [0.2, 0.25) is 10.0 Å². The van der Waals surface area contributed by atoms with E-state index in [0.717, 1.165) is 0 Å². The highest BCUT2D eigenvalue weighted by molar-refractivity contribution is 7.89. The number of hydrogen-bond donors (Lipinski definition) is 1. The SMILES string of the molecule is CN(C)C(=O)c1cccc(S(=O)(=O)NCC(c2ccco2)N(C)C)c1. The van der Waals surface area contributed by atoms with Gasteiger partial charge in [-0.05, 0) is 44.4 Å². The molecule has 1 aromatic carbocycles. The summed E-state index contributed by atoms with van der Waals surface area (Å²) >= 11 is 0. The largest absolute Gasteiger partial charge is 0.468 e. The average Bonchev–Trinajstić information content (AvgIpc) is 3.08. The predicted octanol–water partition coefficient (Wildman–Crippen LogP) is 1.56. The molecule has 0 aliphatic heterocycles. The lowest BCUT2D eigenvalue weighted by Crippen LogP contribution is -2.34. The van der Waals surface area contributed by atoms with E-state index in [1.807, 2.05) is 19.0 Å². The van der Waals surface area contributed by atoms with E-state index >= 15 is 0 Å². The molecule has 25 heavy (non-hydrogen) atoms. The standard InChI is InChI=1S/C17H23N3O4S/c1-19(2)15(16-9-6-10-24-16)12-18-25(22,23)14-8-5-7-13(11-14)17(21)20(3)4/h5-11,15,18H,12H2,1-4H3. The minimum atomic E-state index is -3.75. The van der Waals surface area contributed by atoms with Gasteiger partial charge in [-0.25, -0.2) is 13.1 Å². The van der Waals surface area contributed by atoms with Crippen molar-refractivity contribution in [2.45, 2.75) is 10.9 Å². The summed E-state index contributed by atoms with van der Waals surface area (Å²) in [5.41, 5.74) is 0.322. The number of nitrogens with one attached hydrogen (secondary N) is 1. The van der Waals surface area contributed by atoms with Crippen LogP contribution in [0.15, 0.2) is 52.0 Å². The van der Waals surface area contributed by atoms with Crippen molar-refractivity contribution in [1.82, 2.24) is 14.5 Å². The number of nitrogens with zero attached hydrogens (tertiary/aromatic N) is 2. The lowest BCUT2D eigenvalue weighted by molar-refractivity contribution is 0.0827. The molecule has 0 saturated heterocycles. The van der Waals surface area contributed by atoms with Crippen LogP contribution in [0.4, 0.5) is 0 Å². The fourth-order valence-electron chi connectivity index (χ4n) is 2.34. The number of sulfonamides is 1. The van der Waals surface area contributed by atoms with Gasteiger partial charge in [-0.3, -0.25) is 9.69 Å². The third-order valence-electron chi connectivity index (χ3n) is 3.76.